The molecule has 2 aromatic rings. The summed E-state index contributed by atoms with van der Waals surface area (Å²) in [6, 6.07) is -0.115. The van der Waals surface area contributed by atoms with Crippen molar-refractivity contribution in [2.24, 2.45) is 0 Å². The van der Waals surface area contributed by atoms with Crippen molar-refractivity contribution >= 4 is 17.4 Å². The lowest BCUT2D eigenvalue weighted by Crippen LogP contribution is -2.38. The van der Waals surface area contributed by atoms with Crippen molar-refractivity contribution < 1.29 is 4.79 Å². The standard InChI is InChI=1S/C16H24N6OS/c1-5-14-18-10(2)15(24-14)11(3)21(4)16(23)17-9-13-20-19-12-7-6-8-22(12)13/h11H,5-9H2,1-4H3,(H,17,23)/t11-/m1/s1. The fourth-order valence-electron chi connectivity index (χ4n) is 2.98. The number of hydrogen-bond donors (Lipinski definition) is 1. The quantitative estimate of drug-likeness (QED) is 0.900. The number of rotatable bonds is 5. The summed E-state index contributed by atoms with van der Waals surface area (Å²) in [6.07, 6.45) is 3.00. The van der Waals surface area contributed by atoms with Gasteiger partial charge in [0.25, 0.3) is 0 Å². The first kappa shape index (κ1) is 16.9. The predicted octanol–water partition coefficient (Wildman–Crippen LogP) is 2.45. The monoisotopic (exact) mass is 348 g/mol. The van der Waals surface area contributed by atoms with E-state index < -0.39 is 0 Å². The highest BCUT2D eigenvalue weighted by molar-refractivity contribution is 7.11. The summed E-state index contributed by atoms with van der Waals surface area (Å²) in [5, 5.41) is 12.4. The third-order valence-corrected chi connectivity index (χ3v) is 6.02. The van der Waals surface area contributed by atoms with Gasteiger partial charge in [-0.15, -0.1) is 21.5 Å². The number of thiazole rings is 1. The Morgan fingerprint density at radius 1 is 1.46 bits per heavy atom. The maximum Gasteiger partial charge on any atom is 0.318 e. The zero-order valence-corrected chi connectivity index (χ0v) is 15.5. The van der Waals surface area contributed by atoms with Gasteiger partial charge in [-0.25, -0.2) is 9.78 Å². The lowest BCUT2D eigenvalue weighted by atomic mass is 10.2. The van der Waals surface area contributed by atoms with E-state index in [-0.39, 0.29) is 12.1 Å². The van der Waals surface area contributed by atoms with Crippen molar-refractivity contribution in [3.8, 4) is 0 Å². The Hall–Kier alpha value is -1.96. The topological polar surface area (TPSA) is 75.9 Å². The number of hydrogen-bond acceptors (Lipinski definition) is 5. The van der Waals surface area contributed by atoms with E-state index in [1.54, 1.807) is 16.2 Å². The zero-order valence-electron chi connectivity index (χ0n) is 14.7. The van der Waals surface area contributed by atoms with E-state index >= 15 is 0 Å². The Kier molecular flexibility index (Phi) is 4.84. The van der Waals surface area contributed by atoms with Gasteiger partial charge in [-0.3, -0.25) is 0 Å². The third-order valence-electron chi connectivity index (χ3n) is 4.54. The van der Waals surface area contributed by atoms with E-state index in [9.17, 15) is 4.79 Å². The van der Waals surface area contributed by atoms with Gasteiger partial charge in [0.15, 0.2) is 5.82 Å². The molecule has 0 bridgehead atoms. The van der Waals surface area contributed by atoms with Crippen LogP contribution in [0.25, 0.3) is 0 Å². The van der Waals surface area contributed by atoms with Crippen LogP contribution in [-0.4, -0.2) is 37.7 Å². The Morgan fingerprint density at radius 3 is 2.96 bits per heavy atom. The molecule has 3 heterocycles. The molecule has 2 aromatic heterocycles. The predicted molar refractivity (Wildman–Crippen MR) is 93.0 cm³/mol. The van der Waals surface area contributed by atoms with Crippen LogP contribution in [0.4, 0.5) is 4.79 Å². The Morgan fingerprint density at radius 2 is 2.25 bits per heavy atom. The van der Waals surface area contributed by atoms with Gasteiger partial charge in [-0.05, 0) is 26.7 Å². The molecule has 130 valence electrons. The third kappa shape index (κ3) is 3.15. The number of urea groups is 1. The normalized spacial score (nSPS) is 14.5. The molecule has 0 radical (unpaired) electrons. The lowest BCUT2D eigenvalue weighted by Gasteiger charge is -2.24. The van der Waals surface area contributed by atoms with E-state index in [4.69, 9.17) is 0 Å². The average molecular weight is 348 g/mol. The highest BCUT2D eigenvalue weighted by Crippen LogP contribution is 2.28. The second kappa shape index (κ2) is 6.88. The smallest absolute Gasteiger partial charge is 0.318 e. The van der Waals surface area contributed by atoms with Crippen molar-refractivity contribution in [2.45, 2.75) is 59.2 Å². The van der Waals surface area contributed by atoms with Crippen LogP contribution >= 0.6 is 11.3 Å². The summed E-state index contributed by atoms with van der Waals surface area (Å²) < 4.78 is 2.10. The summed E-state index contributed by atoms with van der Waals surface area (Å²) in [5.41, 5.74) is 1.01. The fraction of sp³-hybridized carbons (Fsp3) is 0.625. The van der Waals surface area contributed by atoms with Crippen molar-refractivity contribution in [1.82, 2.24) is 30.0 Å². The number of aryl methyl sites for hydroxylation is 3. The van der Waals surface area contributed by atoms with Crippen molar-refractivity contribution in [1.29, 1.82) is 0 Å². The summed E-state index contributed by atoms with van der Waals surface area (Å²) in [7, 11) is 1.82. The van der Waals surface area contributed by atoms with Crippen LogP contribution in [0.15, 0.2) is 0 Å². The molecule has 1 aliphatic heterocycles. The minimum Gasteiger partial charge on any atom is -0.331 e. The zero-order chi connectivity index (χ0) is 17.3. The molecule has 0 unspecified atom stereocenters. The molecule has 8 heteroatoms. The van der Waals surface area contributed by atoms with Crippen LogP contribution in [0.1, 0.15) is 53.5 Å². The SMILES string of the molecule is CCc1nc(C)c([C@@H](C)N(C)C(=O)NCc2nnc3n2CCC3)s1. The number of aromatic nitrogens is 4. The molecule has 1 N–H and O–H groups in total. The second-order valence-electron chi connectivity index (χ2n) is 6.14. The van der Waals surface area contributed by atoms with Gasteiger partial charge in [0.05, 0.1) is 23.3 Å². The van der Waals surface area contributed by atoms with Gasteiger partial charge in [-0.1, -0.05) is 6.92 Å². The van der Waals surface area contributed by atoms with Gasteiger partial charge in [0, 0.05) is 24.9 Å². The largest absolute Gasteiger partial charge is 0.331 e. The maximum absolute atomic E-state index is 12.5. The minimum atomic E-state index is -0.108. The number of nitrogens with one attached hydrogen (secondary N) is 1. The Labute approximate surface area is 146 Å². The van der Waals surface area contributed by atoms with Crippen LogP contribution < -0.4 is 5.32 Å². The number of amides is 2. The average Bonchev–Trinajstić information content (AvgIpc) is 3.26. The molecule has 0 saturated carbocycles. The summed E-state index contributed by atoms with van der Waals surface area (Å²) in [6.45, 7) is 7.49. The van der Waals surface area contributed by atoms with Crippen LogP contribution in [0.2, 0.25) is 0 Å². The first-order valence-corrected chi connectivity index (χ1v) is 9.20. The lowest BCUT2D eigenvalue weighted by molar-refractivity contribution is 0.194. The molecule has 0 spiro atoms. The van der Waals surface area contributed by atoms with Gasteiger partial charge >= 0.3 is 6.03 Å². The van der Waals surface area contributed by atoms with Crippen LogP contribution in [-0.2, 0) is 25.9 Å². The van der Waals surface area contributed by atoms with E-state index in [1.165, 1.54) is 0 Å². The summed E-state index contributed by atoms with van der Waals surface area (Å²) >= 11 is 1.69. The molecule has 0 fully saturated rings. The summed E-state index contributed by atoms with van der Waals surface area (Å²) in [5.74, 6) is 1.85. The molecule has 3 rings (SSSR count). The van der Waals surface area contributed by atoms with Crippen LogP contribution in [0, 0.1) is 6.92 Å². The molecule has 24 heavy (non-hydrogen) atoms. The molecule has 1 atom stereocenters. The highest BCUT2D eigenvalue weighted by Gasteiger charge is 2.23. The molecule has 0 saturated heterocycles. The van der Waals surface area contributed by atoms with Gasteiger partial charge in [-0.2, -0.15) is 0 Å². The molecule has 2 amide bonds. The van der Waals surface area contributed by atoms with Gasteiger partial charge in [0.1, 0.15) is 5.82 Å². The van der Waals surface area contributed by atoms with Gasteiger partial charge < -0.3 is 14.8 Å². The van der Waals surface area contributed by atoms with Crippen molar-refractivity contribution in [2.75, 3.05) is 7.05 Å². The van der Waals surface area contributed by atoms with E-state index in [1.807, 2.05) is 20.9 Å². The minimum absolute atomic E-state index is 0.00749. The first-order chi connectivity index (χ1) is 11.5. The molecule has 0 aromatic carbocycles. The van der Waals surface area contributed by atoms with Crippen molar-refractivity contribution in [3.05, 3.63) is 27.2 Å². The number of fused-ring (bicyclic) bond motifs is 1. The van der Waals surface area contributed by atoms with Gasteiger partial charge in [0.2, 0.25) is 0 Å². The Balaban J connectivity index is 1.62. The van der Waals surface area contributed by atoms with Crippen LogP contribution in [0.5, 0.6) is 0 Å². The molecule has 7 nitrogen and oxygen atoms in total. The number of nitrogens with zero attached hydrogens (tertiary/aromatic N) is 5. The van der Waals surface area contributed by atoms with E-state index in [2.05, 4.69) is 32.0 Å². The molecule has 1 aliphatic rings. The molecule has 0 aliphatic carbocycles. The Bertz CT molecular complexity index is 737. The molecular weight excluding hydrogens is 324 g/mol. The molecular formula is C16H24N6OS. The first-order valence-electron chi connectivity index (χ1n) is 8.39. The second-order valence-corrected chi connectivity index (χ2v) is 7.26. The fourth-order valence-corrected chi connectivity index (χ4v) is 4.08. The van der Waals surface area contributed by atoms with E-state index in [0.717, 1.165) is 53.0 Å². The highest BCUT2D eigenvalue weighted by atomic mass is 32.1. The van der Waals surface area contributed by atoms with Crippen molar-refractivity contribution in [3.63, 3.8) is 0 Å². The summed E-state index contributed by atoms with van der Waals surface area (Å²) in [4.78, 5) is 19.9. The van der Waals surface area contributed by atoms with E-state index in [0.29, 0.717) is 6.54 Å². The maximum atomic E-state index is 12.5. The van der Waals surface area contributed by atoms with Crippen LogP contribution in [0.3, 0.4) is 0 Å². The number of carbonyl (C=O) groups is 1. The number of carbonyl (C=O) groups excluding carboxylic acids is 1.